The van der Waals surface area contributed by atoms with Crippen molar-refractivity contribution in [2.75, 3.05) is 5.50 Å². The van der Waals surface area contributed by atoms with Gasteiger partial charge in [0.1, 0.15) is 0 Å². The first-order valence-electron chi connectivity index (χ1n) is 1.34. The van der Waals surface area contributed by atoms with E-state index in [9.17, 15) is 0 Å². The first kappa shape index (κ1) is 5.47. The van der Waals surface area contributed by atoms with E-state index in [2.05, 4.69) is 11.5 Å². The lowest BCUT2D eigenvalue weighted by Gasteiger charge is -1.81. The number of rotatable bonds is 2. The molecule has 0 unspecified atom stereocenters. The van der Waals surface area contributed by atoms with Crippen molar-refractivity contribution in [3.63, 3.8) is 0 Å². The first-order chi connectivity index (χ1) is 2.41. The van der Waals surface area contributed by atoms with Gasteiger partial charge in [0.15, 0.2) is 9.76 Å². The summed E-state index contributed by atoms with van der Waals surface area (Å²) < 4.78 is 4.45. The highest BCUT2D eigenvalue weighted by atomic mass is 35.5. The maximum Gasteiger partial charge on any atom is 0.176 e. The Kier molecular flexibility index (Phi) is 4.88. The Hall–Kier alpha value is 0.467. The van der Waals surface area contributed by atoms with Crippen LogP contribution in [0.15, 0.2) is 0 Å². The van der Waals surface area contributed by atoms with E-state index in [1.165, 1.54) is 0 Å². The number of hydrogen-bond donors (Lipinski definition) is 0. The minimum absolute atomic E-state index is 0.414. The van der Waals surface area contributed by atoms with E-state index in [0.29, 0.717) is 5.50 Å². The third-order valence-electron chi connectivity index (χ3n) is 0.221. The summed E-state index contributed by atoms with van der Waals surface area (Å²) in [6.45, 7) is 0. The summed E-state index contributed by atoms with van der Waals surface area (Å²) in [5.41, 5.74) is 0.670. The van der Waals surface area contributed by atoms with Crippen LogP contribution in [0.25, 0.3) is 0 Å². The number of alkyl halides is 1. The molecule has 0 saturated heterocycles. The molecule has 0 atom stereocenters. The van der Waals surface area contributed by atoms with Crippen molar-refractivity contribution in [2.45, 2.75) is 0 Å². The minimum atomic E-state index is -0.414. The summed E-state index contributed by atoms with van der Waals surface area (Å²) in [6.07, 6.45) is 0. The van der Waals surface area contributed by atoms with E-state index in [0.717, 1.165) is 0 Å². The molecule has 0 N–H and O–H groups in total. The van der Waals surface area contributed by atoms with Crippen molar-refractivity contribution in [1.29, 1.82) is 0 Å². The average molecular weight is 110 g/mol. The van der Waals surface area contributed by atoms with Crippen LogP contribution >= 0.6 is 11.6 Å². The van der Waals surface area contributed by atoms with Gasteiger partial charge >= 0.3 is 0 Å². The standard InChI is InChI=1S/C2H6ClOSi/c1-4-5-2-3/h1-2,5H2. The molecule has 31 valence electrons. The second-order valence-electron chi connectivity index (χ2n) is 0.597. The zero-order chi connectivity index (χ0) is 4.12. The second-order valence-corrected chi connectivity index (χ2v) is 2.93. The highest BCUT2D eigenvalue weighted by molar-refractivity contribution is 6.45. The molecule has 0 aromatic carbocycles. The molecule has 3 heteroatoms. The lowest BCUT2D eigenvalue weighted by molar-refractivity contribution is 0.509. The first-order valence-corrected chi connectivity index (χ1v) is 3.46. The summed E-state index contributed by atoms with van der Waals surface area (Å²) >= 11 is 5.20. The summed E-state index contributed by atoms with van der Waals surface area (Å²) in [5.74, 6) is 0. The Morgan fingerprint density at radius 3 is 2.60 bits per heavy atom. The predicted octanol–water partition coefficient (Wildman–Crippen LogP) is 0.0747. The third-order valence-corrected chi connectivity index (χ3v) is 1.13. The zero-order valence-corrected chi connectivity index (χ0v) is 5.08. The van der Waals surface area contributed by atoms with Crippen molar-refractivity contribution >= 4 is 21.4 Å². The van der Waals surface area contributed by atoms with Crippen LogP contribution < -0.4 is 0 Å². The minimum Gasteiger partial charge on any atom is -0.421 e. The zero-order valence-electron chi connectivity index (χ0n) is 2.91. The van der Waals surface area contributed by atoms with Gasteiger partial charge in [-0.25, -0.2) is 0 Å². The maximum absolute atomic E-state index is 5.20. The van der Waals surface area contributed by atoms with Gasteiger partial charge in [-0.2, -0.15) is 0 Å². The molecule has 5 heavy (non-hydrogen) atoms. The van der Waals surface area contributed by atoms with Crippen LogP contribution in [0.1, 0.15) is 0 Å². The molecule has 0 aliphatic heterocycles. The van der Waals surface area contributed by atoms with Gasteiger partial charge in [0, 0.05) is 5.50 Å². The third kappa shape index (κ3) is 4.47. The molecule has 1 nitrogen and oxygen atoms in total. The van der Waals surface area contributed by atoms with Crippen molar-refractivity contribution in [1.82, 2.24) is 0 Å². The van der Waals surface area contributed by atoms with Crippen molar-refractivity contribution in [3.8, 4) is 0 Å². The van der Waals surface area contributed by atoms with E-state index >= 15 is 0 Å². The Balaban J connectivity index is 2.19. The van der Waals surface area contributed by atoms with Crippen molar-refractivity contribution in [2.24, 2.45) is 0 Å². The SMILES string of the molecule is [CH2]O[SiH2]CCl. The van der Waals surface area contributed by atoms with Crippen LogP contribution in [0.2, 0.25) is 0 Å². The fraction of sp³-hybridized carbons (Fsp3) is 0.500. The van der Waals surface area contributed by atoms with Crippen LogP contribution in [0, 0.1) is 7.11 Å². The fourth-order valence-corrected chi connectivity index (χ4v) is 0.491. The van der Waals surface area contributed by atoms with Gasteiger partial charge in [-0.05, 0) is 0 Å². The molecule has 0 heterocycles. The van der Waals surface area contributed by atoms with Crippen LogP contribution in [0.3, 0.4) is 0 Å². The molecule has 0 fully saturated rings. The molecule has 0 aliphatic rings. The number of hydrogen-bond acceptors (Lipinski definition) is 1. The normalized spacial score (nSPS) is 10.8. The molecule has 0 aliphatic carbocycles. The monoisotopic (exact) mass is 109 g/mol. The van der Waals surface area contributed by atoms with E-state index in [1.54, 1.807) is 0 Å². The molecule has 1 radical (unpaired) electrons. The largest absolute Gasteiger partial charge is 0.421 e. The van der Waals surface area contributed by atoms with Gasteiger partial charge in [0.05, 0.1) is 7.11 Å². The molecule has 0 bridgehead atoms. The van der Waals surface area contributed by atoms with Crippen LogP contribution in [-0.2, 0) is 4.43 Å². The van der Waals surface area contributed by atoms with Gasteiger partial charge in [-0.15, -0.1) is 11.6 Å². The number of halogens is 1. The van der Waals surface area contributed by atoms with E-state index in [1.807, 2.05) is 0 Å². The van der Waals surface area contributed by atoms with E-state index in [4.69, 9.17) is 11.6 Å². The van der Waals surface area contributed by atoms with Crippen LogP contribution in [0.4, 0.5) is 0 Å². The molecular formula is C2H6ClOSi. The molecule has 0 aromatic rings. The molecule has 0 spiro atoms. The Morgan fingerprint density at radius 2 is 2.60 bits per heavy atom. The molecule has 0 rings (SSSR count). The predicted molar refractivity (Wildman–Crippen MR) is 25.7 cm³/mol. The molecule has 0 aromatic heterocycles. The lowest BCUT2D eigenvalue weighted by atomic mass is 11.8. The van der Waals surface area contributed by atoms with Gasteiger partial charge in [0.2, 0.25) is 0 Å². The summed E-state index contributed by atoms with van der Waals surface area (Å²) in [5, 5.41) is 0. The molecule has 0 saturated carbocycles. The van der Waals surface area contributed by atoms with Gasteiger partial charge in [-0.1, -0.05) is 0 Å². The topological polar surface area (TPSA) is 9.23 Å². The molecule has 0 amide bonds. The summed E-state index contributed by atoms with van der Waals surface area (Å²) in [6, 6.07) is 0. The summed E-state index contributed by atoms with van der Waals surface area (Å²) in [7, 11) is 2.74. The Labute approximate surface area is 39.2 Å². The van der Waals surface area contributed by atoms with Gasteiger partial charge in [0.25, 0.3) is 0 Å². The maximum atomic E-state index is 5.20. The lowest BCUT2D eigenvalue weighted by Crippen LogP contribution is -1.90. The molecular weight excluding hydrogens is 104 g/mol. The Bertz CT molecular complexity index is 17.1. The second kappa shape index (κ2) is 4.47. The Morgan fingerprint density at radius 1 is 2.00 bits per heavy atom. The van der Waals surface area contributed by atoms with Crippen molar-refractivity contribution in [3.05, 3.63) is 7.11 Å². The van der Waals surface area contributed by atoms with Crippen LogP contribution in [-0.4, -0.2) is 15.3 Å². The quantitative estimate of drug-likeness (QED) is 0.360. The average Bonchev–Trinajstić information content (AvgIpc) is 1.41. The fourth-order valence-electron chi connectivity index (χ4n) is 0.0546. The van der Waals surface area contributed by atoms with Crippen molar-refractivity contribution < 1.29 is 4.43 Å². The van der Waals surface area contributed by atoms with Gasteiger partial charge < -0.3 is 4.43 Å². The van der Waals surface area contributed by atoms with Crippen LogP contribution in [0.5, 0.6) is 0 Å². The van der Waals surface area contributed by atoms with E-state index in [-0.39, 0.29) is 0 Å². The van der Waals surface area contributed by atoms with Gasteiger partial charge in [-0.3, -0.25) is 0 Å². The smallest absolute Gasteiger partial charge is 0.176 e. The summed E-state index contributed by atoms with van der Waals surface area (Å²) in [4.78, 5) is 0. The highest BCUT2D eigenvalue weighted by Gasteiger charge is 1.71. The highest BCUT2D eigenvalue weighted by Crippen LogP contribution is 1.68. The van der Waals surface area contributed by atoms with E-state index < -0.39 is 9.76 Å².